The quantitative estimate of drug-likeness (QED) is 0.746. The molecule has 0 saturated heterocycles. The van der Waals surface area contributed by atoms with Crippen molar-refractivity contribution in [1.82, 2.24) is 19.9 Å². The smallest absolute Gasteiger partial charge is 0.255 e. The summed E-state index contributed by atoms with van der Waals surface area (Å²) in [7, 11) is 0. The SMILES string of the molecule is CCOc1ccccc1C(=O)NCc1c(C)nc2sc(CC)nn12. The van der Waals surface area contributed by atoms with Crippen molar-refractivity contribution in [1.29, 1.82) is 0 Å². The van der Waals surface area contributed by atoms with Crippen LogP contribution in [0.5, 0.6) is 5.75 Å². The van der Waals surface area contributed by atoms with Gasteiger partial charge in [0.1, 0.15) is 10.8 Å². The zero-order valence-corrected chi connectivity index (χ0v) is 14.8. The first-order chi connectivity index (χ1) is 11.6. The lowest BCUT2D eigenvalue weighted by atomic mass is 10.2. The summed E-state index contributed by atoms with van der Waals surface area (Å²) in [5.41, 5.74) is 2.32. The zero-order valence-electron chi connectivity index (χ0n) is 14.0. The van der Waals surface area contributed by atoms with Crippen molar-refractivity contribution in [3.8, 4) is 5.75 Å². The maximum Gasteiger partial charge on any atom is 0.255 e. The van der Waals surface area contributed by atoms with E-state index in [1.165, 1.54) is 0 Å². The second-order valence-electron chi connectivity index (χ2n) is 5.30. The summed E-state index contributed by atoms with van der Waals surface area (Å²) in [6, 6.07) is 7.24. The normalized spacial score (nSPS) is 11.0. The Labute approximate surface area is 144 Å². The first-order valence-corrected chi connectivity index (χ1v) is 8.79. The van der Waals surface area contributed by atoms with Gasteiger partial charge < -0.3 is 10.1 Å². The Morgan fingerprint density at radius 3 is 2.88 bits per heavy atom. The molecule has 3 rings (SSSR count). The monoisotopic (exact) mass is 344 g/mol. The fourth-order valence-corrected chi connectivity index (χ4v) is 3.37. The van der Waals surface area contributed by atoms with Crippen LogP contribution in [-0.2, 0) is 13.0 Å². The number of carbonyl (C=O) groups is 1. The Kier molecular flexibility index (Phi) is 4.80. The number of carbonyl (C=O) groups excluding carboxylic acids is 1. The Morgan fingerprint density at radius 2 is 2.12 bits per heavy atom. The number of para-hydroxylation sites is 1. The van der Waals surface area contributed by atoms with E-state index in [0.717, 1.165) is 27.8 Å². The molecule has 0 aliphatic rings. The van der Waals surface area contributed by atoms with E-state index < -0.39 is 0 Å². The first kappa shape index (κ1) is 16.4. The highest BCUT2D eigenvalue weighted by Crippen LogP contribution is 2.20. The average Bonchev–Trinajstić information content (AvgIpc) is 3.10. The highest BCUT2D eigenvalue weighted by molar-refractivity contribution is 7.16. The Balaban J connectivity index is 1.79. The van der Waals surface area contributed by atoms with E-state index in [1.807, 2.05) is 30.5 Å². The van der Waals surface area contributed by atoms with Crippen molar-refractivity contribution in [2.45, 2.75) is 33.7 Å². The molecule has 1 aromatic carbocycles. The maximum atomic E-state index is 12.5. The highest BCUT2D eigenvalue weighted by atomic mass is 32.1. The largest absolute Gasteiger partial charge is 0.493 e. The predicted octanol–water partition coefficient (Wildman–Crippen LogP) is 2.99. The van der Waals surface area contributed by atoms with Crippen LogP contribution >= 0.6 is 11.3 Å². The van der Waals surface area contributed by atoms with Gasteiger partial charge in [0.05, 0.1) is 30.1 Å². The Morgan fingerprint density at radius 1 is 1.33 bits per heavy atom. The minimum atomic E-state index is -0.167. The minimum absolute atomic E-state index is 0.167. The van der Waals surface area contributed by atoms with Crippen LogP contribution in [0.1, 0.15) is 40.6 Å². The summed E-state index contributed by atoms with van der Waals surface area (Å²) in [5.74, 6) is 0.425. The number of hydrogen-bond donors (Lipinski definition) is 1. The standard InChI is InChI=1S/C17H20N4O2S/c1-4-15-20-21-13(11(3)19-17(21)24-15)10-18-16(22)12-8-6-7-9-14(12)23-5-2/h6-9H,4-5,10H2,1-3H3,(H,18,22). The van der Waals surface area contributed by atoms with E-state index in [1.54, 1.807) is 23.5 Å². The van der Waals surface area contributed by atoms with Crippen molar-refractivity contribution in [3.63, 3.8) is 0 Å². The van der Waals surface area contributed by atoms with Gasteiger partial charge in [-0.15, -0.1) is 0 Å². The molecule has 0 spiro atoms. The van der Waals surface area contributed by atoms with E-state index in [2.05, 4.69) is 22.3 Å². The van der Waals surface area contributed by atoms with Crippen LogP contribution in [0, 0.1) is 6.92 Å². The van der Waals surface area contributed by atoms with Gasteiger partial charge in [0.15, 0.2) is 0 Å². The minimum Gasteiger partial charge on any atom is -0.493 e. The molecule has 0 fully saturated rings. The van der Waals surface area contributed by atoms with Gasteiger partial charge >= 0.3 is 0 Å². The number of rotatable bonds is 6. The number of hydrogen-bond acceptors (Lipinski definition) is 5. The van der Waals surface area contributed by atoms with Gasteiger partial charge in [0.25, 0.3) is 5.91 Å². The summed E-state index contributed by atoms with van der Waals surface area (Å²) in [6.07, 6.45) is 0.876. The van der Waals surface area contributed by atoms with Crippen LogP contribution in [-0.4, -0.2) is 27.1 Å². The number of benzene rings is 1. The number of fused-ring (bicyclic) bond motifs is 1. The number of ether oxygens (including phenoxy) is 1. The average molecular weight is 344 g/mol. The molecule has 0 aliphatic heterocycles. The summed E-state index contributed by atoms with van der Waals surface area (Å²) in [6.45, 7) is 6.79. The second-order valence-corrected chi connectivity index (χ2v) is 6.34. The van der Waals surface area contributed by atoms with E-state index in [-0.39, 0.29) is 5.91 Å². The summed E-state index contributed by atoms with van der Waals surface area (Å²) in [4.78, 5) is 17.9. The number of aryl methyl sites for hydroxylation is 2. The van der Waals surface area contributed by atoms with E-state index >= 15 is 0 Å². The highest BCUT2D eigenvalue weighted by Gasteiger charge is 2.16. The molecule has 6 nitrogen and oxygen atoms in total. The fraction of sp³-hybridized carbons (Fsp3) is 0.353. The van der Waals surface area contributed by atoms with Crippen LogP contribution in [0.3, 0.4) is 0 Å². The number of nitrogens with one attached hydrogen (secondary N) is 1. The topological polar surface area (TPSA) is 68.5 Å². The lowest BCUT2D eigenvalue weighted by molar-refractivity contribution is 0.0946. The van der Waals surface area contributed by atoms with E-state index in [0.29, 0.717) is 24.5 Å². The molecule has 0 bridgehead atoms. The fourth-order valence-electron chi connectivity index (χ4n) is 2.47. The molecule has 1 amide bonds. The van der Waals surface area contributed by atoms with Crippen LogP contribution in [0.25, 0.3) is 4.96 Å². The van der Waals surface area contributed by atoms with E-state index in [4.69, 9.17) is 4.74 Å². The van der Waals surface area contributed by atoms with Crippen LogP contribution in [0.15, 0.2) is 24.3 Å². The number of imidazole rings is 1. The van der Waals surface area contributed by atoms with Gasteiger partial charge in [-0.05, 0) is 32.4 Å². The molecule has 1 N–H and O–H groups in total. The molecule has 3 aromatic rings. The first-order valence-electron chi connectivity index (χ1n) is 7.98. The van der Waals surface area contributed by atoms with Gasteiger partial charge in [0, 0.05) is 0 Å². The van der Waals surface area contributed by atoms with Crippen LogP contribution < -0.4 is 10.1 Å². The summed E-state index contributed by atoms with van der Waals surface area (Å²) in [5, 5.41) is 8.53. The number of amides is 1. The van der Waals surface area contributed by atoms with Gasteiger partial charge in [-0.1, -0.05) is 30.4 Å². The molecule has 0 saturated carbocycles. The molecule has 2 heterocycles. The third-order valence-electron chi connectivity index (χ3n) is 3.69. The third kappa shape index (κ3) is 3.12. The Bertz CT molecular complexity index is 869. The number of aromatic nitrogens is 3. The lowest BCUT2D eigenvalue weighted by Crippen LogP contribution is -2.24. The van der Waals surface area contributed by atoms with Gasteiger partial charge in [-0.3, -0.25) is 4.79 Å². The molecule has 0 radical (unpaired) electrons. The molecular formula is C17H20N4O2S. The number of nitrogens with zero attached hydrogens (tertiary/aromatic N) is 3. The van der Waals surface area contributed by atoms with Crippen LogP contribution in [0.2, 0.25) is 0 Å². The molecular weight excluding hydrogens is 324 g/mol. The van der Waals surface area contributed by atoms with Crippen molar-refractivity contribution in [2.75, 3.05) is 6.61 Å². The molecule has 7 heteroatoms. The second kappa shape index (κ2) is 7.00. The van der Waals surface area contributed by atoms with Crippen molar-refractivity contribution >= 4 is 22.2 Å². The molecule has 0 atom stereocenters. The molecule has 0 aliphatic carbocycles. The van der Waals surface area contributed by atoms with Crippen molar-refractivity contribution in [2.24, 2.45) is 0 Å². The van der Waals surface area contributed by atoms with Gasteiger partial charge in [0.2, 0.25) is 4.96 Å². The molecule has 24 heavy (non-hydrogen) atoms. The Hall–Kier alpha value is -2.41. The lowest BCUT2D eigenvalue weighted by Gasteiger charge is -2.10. The molecule has 0 unspecified atom stereocenters. The predicted molar refractivity (Wildman–Crippen MR) is 93.8 cm³/mol. The van der Waals surface area contributed by atoms with Crippen molar-refractivity contribution in [3.05, 3.63) is 46.2 Å². The molecule has 126 valence electrons. The molecule has 2 aromatic heterocycles. The van der Waals surface area contributed by atoms with Crippen LogP contribution in [0.4, 0.5) is 0 Å². The maximum absolute atomic E-state index is 12.5. The zero-order chi connectivity index (χ0) is 17.1. The summed E-state index contributed by atoms with van der Waals surface area (Å²) < 4.78 is 7.34. The van der Waals surface area contributed by atoms with Gasteiger partial charge in [-0.2, -0.15) is 5.10 Å². The third-order valence-corrected chi connectivity index (χ3v) is 4.74. The van der Waals surface area contributed by atoms with Gasteiger partial charge in [-0.25, -0.2) is 9.50 Å². The summed E-state index contributed by atoms with van der Waals surface area (Å²) >= 11 is 1.58. The van der Waals surface area contributed by atoms with Crippen molar-refractivity contribution < 1.29 is 9.53 Å². The van der Waals surface area contributed by atoms with E-state index in [9.17, 15) is 4.79 Å².